The minimum Gasteiger partial charge on any atom is -0.481 e. The van der Waals surface area contributed by atoms with Crippen LogP contribution >= 0.6 is 11.6 Å². The smallest absolute Gasteiger partial charge is 0.304 e. The highest BCUT2D eigenvalue weighted by atomic mass is 35.5. The average molecular weight is 488 g/mol. The van der Waals surface area contributed by atoms with Crippen LogP contribution in [-0.2, 0) is 16.1 Å². The number of rotatable bonds is 8. The number of aliphatic carboxylic acids is 1. The number of benzene rings is 1. The van der Waals surface area contributed by atoms with Gasteiger partial charge in [0.05, 0.1) is 11.8 Å². The fourth-order valence-electron chi connectivity index (χ4n) is 6.00. The lowest BCUT2D eigenvalue weighted by Crippen LogP contribution is -2.53. The van der Waals surface area contributed by atoms with Gasteiger partial charge >= 0.3 is 5.97 Å². The third-order valence-electron chi connectivity index (χ3n) is 8.12. The van der Waals surface area contributed by atoms with Gasteiger partial charge in [-0.1, -0.05) is 42.3 Å². The molecule has 0 bridgehead atoms. The molecule has 2 fully saturated rings. The molecule has 186 valence electrons. The van der Waals surface area contributed by atoms with E-state index in [1.54, 1.807) is 5.57 Å². The third kappa shape index (κ3) is 5.67. The van der Waals surface area contributed by atoms with Gasteiger partial charge in [0.25, 0.3) is 0 Å². The first-order chi connectivity index (χ1) is 16.3. The maximum absolute atomic E-state index is 13.6. The summed E-state index contributed by atoms with van der Waals surface area (Å²) in [5.41, 5.74) is 2.79. The zero-order chi connectivity index (χ0) is 24.3. The lowest BCUT2D eigenvalue weighted by Gasteiger charge is -2.36. The molecule has 34 heavy (non-hydrogen) atoms. The normalized spacial score (nSPS) is 26.6. The summed E-state index contributed by atoms with van der Waals surface area (Å²) in [6, 6.07) is 5.97. The van der Waals surface area contributed by atoms with E-state index in [1.165, 1.54) is 19.3 Å². The van der Waals surface area contributed by atoms with Gasteiger partial charge in [0.2, 0.25) is 5.91 Å². The van der Waals surface area contributed by atoms with Crippen molar-refractivity contribution in [1.29, 1.82) is 0 Å². The third-order valence-corrected chi connectivity index (χ3v) is 8.47. The van der Waals surface area contributed by atoms with Gasteiger partial charge in [-0.25, -0.2) is 0 Å². The van der Waals surface area contributed by atoms with E-state index in [4.69, 9.17) is 11.6 Å². The molecule has 1 aromatic rings. The fourth-order valence-corrected chi connectivity index (χ4v) is 6.28. The van der Waals surface area contributed by atoms with Crippen LogP contribution in [0.25, 0.3) is 0 Å². The lowest BCUT2D eigenvalue weighted by atomic mass is 9.75. The van der Waals surface area contributed by atoms with E-state index in [9.17, 15) is 14.7 Å². The van der Waals surface area contributed by atoms with Crippen LogP contribution in [0.3, 0.4) is 0 Å². The number of carbonyl (C=O) groups is 2. The van der Waals surface area contributed by atoms with E-state index < -0.39 is 11.4 Å². The Morgan fingerprint density at radius 1 is 1.21 bits per heavy atom. The SMILES string of the molecule is Cc1cccc(Cl)c1CN1C[C@@H](C)[C@@](CC(=O)O)(C(=O)NC2CCN(CC3=CCCC3)CC2)C1. The Balaban J connectivity index is 1.39. The van der Waals surface area contributed by atoms with Crippen LogP contribution in [0.15, 0.2) is 29.8 Å². The lowest BCUT2D eigenvalue weighted by molar-refractivity contribution is -0.147. The monoisotopic (exact) mass is 487 g/mol. The minimum absolute atomic E-state index is 0.0548. The fraction of sp³-hybridized carbons (Fsp3) is 0.630. The highest BCUT2D eigenvalue weighted by Gasteiger charge is 2.51. The molecular formula is C27H38ClN3O3. The number of carbonyl (C=O) groups excluding carboxylic acids is 1. The van der Waals surface area contributed by atoms with Crippen molar-refractivity contribution in [3.63, 3.8) is 0 Å². The second kappa shape index (κ2) is 10.8. The number of hydrogen-bond donors (Lipinski definition) is 2. The van der Waals surface area contributed by atoms with Gasteiger partial charge in [-0.05, 0) is 62.1 Å². The molecule has 2 aliphatic heterocycles. The predicted octanol–water partition coefficient (Wildman–Crippen LogP) is 4.25. The van der Waals surface area contributed by atoms with E-state index in [2.05, 4.69) is 21.2 Å². The van der Waals surface area contributed by atoms with Crippen LogP contribution in [0.2, 0.25) is 5.02 Å². The molecule has 0 saturated carbocycles. The van der Waals surface area contributed by atoms with Gasteiger partial charge in [0.15, 0.2) is 0 Å². The number of hydrogen-bond acceptors (Lipinski definition) is 4. The Labute approximate surface area is 208 Å². The highest BCUT2D eigenvalue weighted by molar-refractivity contribution is 6.31. The molecule has 2 saturated heterocycles. The summed E-state index contributed by atoms with van der Waals surface area (Å²) in [7, 11) is 0. The summed E-state index contributed by atoms with van der Waals surface area (Å²) < 4.78 is 0. The molecule has 2 N–H and O–H groups in total. The van der Waals surface area contributed by atoms with Crippen molar-refractivity contribution >= 4 is 23.5 Å². The Hall–Kier alpha value is -1.89. The van der Waals surface area contributed by atoms with Crippen molar-refractivity contribution in [2.45, 2.75) is 65.0 Å². The Bertz CT molecular complexity index is 921. The van der Waals surface area contributed by atoms with Crippen molar-refractivity contribution in [2.24, 2.45) is 11.3 Å². The predicted molar refractivity (Wildman–Crippen MR) is 135 cm³/mol. The largest absolute Gasteiger partial charge is 0.481 e. The number of amides is 1. The molecule has 0 unspecified atom stereocenters. The number of nitrogens with zero attached hydrogens (tertiary/aromatic N) is 2. The summed E-state index contributed by atoms with van der Waals surface area (Å²) in [6.07, 6.45) is 7.76. The molecular weight excluding hydrogens is 450 g/mol. The second-order valence-corrected chi connectivity index (χ2v) is 11.0. The molecule has 3 aliphatic rings. The summed E-state index contributed by atoms with van der Waals surface area (Å²) >= 11 is 6.45. The van der Waals surface area contributed by atoms with E-state index in [-0.39, 0.29) is 24.3 Å². The summed E-state index contributed by atoms with van der Waals surface area (Å²) in [6.45, 7) is 8.79. The van der Waals surface area contributed by atoms with Crippen molar-refractivity contribution in [3.05, 3.63) is 46.0 Å². The number of carboxylic acids is 1. The van der Waals surface area contributed by atoms with E-state index >= 15 is 0 Å². The molecule has 1 amide bonds. The molecule has 0 spiro atoms. The van der Waals surface area contributed by atoms with Gasteiger partial charge in [0.1, 0.15) is 0 Å². The number of allylic oxidation sites excluding steroid dienone is 1. The number of aryl methyl sites for hydroxylation is 1. The number of carboxylic acid groups (broad SMARTS) is 1. The number of nitrogens with one attached hydrogen (secondary N) is 1. The first-order valence-corrected chi connectivity index (χ1v) is 13.0. The Morgan fingerprint density at radius 2 is 1.97 bits per heavy atom. The molecule has 7 heteroatoms. The van der Waals surface area contributed by atoms with Gasteiger partial charge in [-0.3, -0.25) is 19.4 Å². The van der Waals surface area contributed by atoms with Crippen LogP contribution in [0, 0.1) is 18.3 Å². The summed E-state index contributed by atoms with van der Waals surface area (Å²) in [5.74, 6) is -1.07. The minimum atomic E-state index is -0.924. The first-order valence-electron chi connectivity index (χ1n) is 12.7. The van der Waals surface area contributed by atoms with Crippen LogP contribution in [0.5, 0.6) is 0 Å². The van der Waals surface area contributed by atoms with Crippen LogP contribution in [0.1, 0.15) is 56.6 Å². The first kappa shape index (κ1) is 25.2. The topological polar surface area (TPSA) is 72.9 Å². The maximum atomic E-state index is 13.6. The zero-order valence-electron chi connectivity index (χ0n) is 20.5. The number of likely N-dealkylation sites (tertiary alicyclic amines) is 2. The van der Waals surface area contributed by atoms with Gasteiger partial charge in [-0.2, -0.15) is 0 Å². The molecule has 1 aliphatic carbocycles. The van der Waals surface area contributed by atoms with Crippen molar-refractivity contribution < 1.29 is 14.7 Å². The van der Waals surface area contributed by atoms with Crippen molar-refractivity contribution in [1.82, 2.24) is 15.1 Å². The standard InChI is InChI=1S/C27H38ClN3O3/c1-19-6-5-9-24(28)23(19)17-31-15-20(2)27(18-31,14-25(32)33)26(34)29-22-10-12-30(13-11-22)16-21-7-3-4-8-21/h5-7,9,20,22H,3-4,8,10-18H2,1-2H3,(H,29,34)(H,32,33)/t20-,27+/m1/s1. The van der Waals surface area contributed by atoms with Crippen molar-refractivity contribution in [2.75, 3.05) is 32.7 Å². The Kier molecular flexibility index (Phi) is 8.01. The van der Waals surface area contributed by atoms with Crippen LogP contribution in [-0.4, -0.2) is 65.5 Å². The van der Waals surface area contributed by atoms with Crippen LogP contribution in [0.4, 0.5) is 0 Å². The van der Waals surface area contributed by atoms with Gasteiger partial charge in [-0.15, -0.1) is 0 Å². The van der Waals surface area contributed by atoms with E-state index in [0.717, 1.165) is 43.6 Å². The average Bonchev–Trinajstić information content (AvgIpc) is 3.40. The molecule has 1 aromatic carbocycles. The number of piperidine rings is 1. The number of halogens is 1. The molecule has 0 radical (unpaired) electrons. The molecule has 6 nitrogen and oxygen atoms in total. The molecule has 2 heterocycles. The summed E-state index contributed by atoms with van der Waals surface area (Å²) in [4.78, 5) is 30.2. The highest BCUT2D eigenvalue weighted by Crippen LogP contribution is 2.41. The molecule has 4 rings (SSSR count). The van der Waals surface area contributed by atoms with Crippen molar-refractivity contribution in [3.8, 4) is 0 Å². The quantitative estimate of drug-likeness (QED) is 0.536. The summed E-state index contributed by atoms with van der Waals surface area (Å²) in [5, 5.41) is 13.7. The Morgan fingerprint density at radius 3 is 2.62 bits per heavy atom. The van der Waals surface area contributed by atoms with Gasteiger partial charge < -0.3 is 10.4 Å². The maximum Gasteiger partial charge on any atom is 0.304 e. The van der Waals surface area contributed by atoms with Gasteiger partial charge in [0, 0.05) is 50.3 Å². The molecule has 0 aromatic heterocycles. The van der Waals surface area contributed by atoms with Crippen LogP contribution < -0.4 is 5.32 Å². The zero-order valence-corrected chi connectivity index (χ0v) is 21.2. The second-order valence-electron chi connectivity index (χ2n) is 10.6. The van der Waals surface area contributed by atoms with E-state index in [1.807, 2.05) is 32.0 Å². The van der Waals surface area contributed by atoms with E-state index in [0.29, 0.717) is 24.7 Å². The molecule has 2 atom stereocenters.